The van der Waals surface area contributed by atoms with Crippen LogP contribution in [0.2, 0.25) is 5.02 Å². The van der Waals surface area contributed by atoms with Gasteiger partial charge in [0.25, 0.3) is 0 Å². The topological polar surface area (TPSA) is 61.3 Å². The molecule has 0 saturated heterocycles. The predicted octanol–water partition coefficient (Wildman–Crippen LogP) is 2.79. The maximum absolute atomic E-state index is 6.44. The molecular weight excluding hydrogens is 248 g/mol. The molecule has 0 bridgehead atoms. The third-order valence-corrected chi connectivity index (χ3v) is 4.44. The van der Waals surface area contributed by atoms with E-state index in [-0.39, 0.29) is 11.5 Å². The van der Waals surface area contributed by atoms with Gasteiger partial charge in [-0.3, -0.25) is 0 Å². The van der Waals surface area contributed by atoms with E-state index in [0.717, 1.165) is 29.7 Å². The van der Waals surface area contributed by atoms with Gasteiger partial charge in [-0.1, -0.05) is 18.0 Å². The molecule has 1 aromatic carbocycles. The Morgan fingerprint density at radius 3 is 2.56 bits per heavy atom. The molecule has 1 atom stereocenters. The first-order valence-corrected chi connectivity index (χ1v) is 6.71. The minimum Gasteiger partial charge on any atom is -0.496 e. The standard InChI is InChI=1S/C14H21ClN2O/c1-9-6-10(15)7-11(12(9)18-2)13(17)14(8-16)4-3-5-14/h6-7,13H,3-5,8,16-17H2,1-2H3. The first-order valence-electron chi connectivity index (χ1n) is 6.34. The van der Waals surface area contributed by atoms with Crippen molar-refractivity contribution < 1.29 is 4.74 Å². The molecule has 1 aliphatic carbocycles. The van der Waals surface area contributed by atoms with Crippen LogP contribution in [-0.4, -0.2) is 13.7 Å². The van der Waals surface area contributed by atoms with Crippen LogP contribution in [0.3, 0.4) is 0 Å². The zero-order valence-electron chi connectivity index (χ0n) is 11.0. The SMILES string of the molecule is COc1c(C)cc(Cl)cc1C(N)C1(CN)CCC1. The smallest absolute Gasteiger partial charge is 0.126 e. The van der Waals surface area contributed by atoms with Gasteiger partial charge in [-0.25, -0.2) is 0 Å². The number of hydrogen-bond donors (Lipinski definition) is 2. The molecule has 0 radical (unpaired) electrons. The molecule has 1 aliphatic rings. The summed E-state index contributed by atoms with van der Waals surface area (Å²) < 4.78 is 5.48. The number of methoxy groups -OCH3 is 1. The molecule has 1 aromatic rings. The van der Waals surface area contributed by atoms with Crippen molar-refractivity contribution in [1.29, 1.82) is 0 Å². The van der Waals surface area contributed by atoms with Gasteiger partial charge in [-0.15, -0.1) is 0 Å². The van der Waals surface area contributed by atoms with Crippen LogP contribution < -0.4 is 16.2 Å². The van der Waals surface area contributed by atoms with E-state index in [0.29, 0.717) is 11.6 Å². The second kappa shape index (κ2) is 5.08. The van der Waals surface area contributed by atoms with Gasteiger partial charge < -0.3 is 16.2 Å². The zero-order chi connectivity index (χ0) is 13.3. The zero-order valence-corrected chi connectivity index (χ0v) is 11.8. The van der Waals surface area contributed by atoms with Gasteiger partial charge in [-0.2, -0.15) is 0 Å². The Bertz CT molecular complexity index is 438. The molecule has 2 rings (SSSR count). The summed E-state index contributed by atoms with van der Waals surface area (Å²) in [6, 6.07) is 3.70. The number of nitrogens with two attached hydrogens (primary N) is 2. The average Bonchev–Trinajstić information content (AvgIpc) is 2.27. The van der Waals surface area contributed by atoms with E-state index in [2.05, 4.69) is 0 Å². The lowest BCUT2D eigenvalue weighted by Crippen LogP contribution is -2.46. The fourth-order valence-electron chi connectivity index (χ4n) is 2.87. The fraction of sp³-hybridized carbons (Fsp3) is 0.571. The van der Waals surface area contributed by atoms with Gasteiger partial charge in [0, 0.05) is 22.0 Å². The maximum Gasteiger partial charge on any atom is 0.126 e. The van der Waals surface area contributed by atoms with Crippen molar-refractivity contribution in [1.82, 2.24) is 0 Å². The highest BCUT2D eigenvalue weighted by atomic mass is 35.5. The summed E-state index contributed by atoms with van der Waals surface area (Å²) >= 11 is 6.14. The Kier molecular flexibility index (Phi) is 3.85. The number of hydrogen-bond acceptors (Lipinski definition) is 3. The number of aryl methyl sites for hydroxylation is 1. The third kappa shape index (κ3) is 2.11. The number of ether oxygens (including phenoxy) is 1. The summed E-state index contributed by atoms with van der Waals surface area (Å²) in [6.45, 7) is 2.60. The molecule has 1 saturated carbocycles. The van der Waals surface area contributed by atoms with E-state index in [9.17, 15) is 0 Å². The van der Waals surface area contributed by atoms with Crippen LogP contribution >= 0.6 is 11.6 Å². The van der Waals surface area contributed by atoms with Crippen molar-refractivity contribution in [2.24, 2.45) is 16.9 Å². The van der Waals surface area contributed by atoms with Gasteiger partial charge in [0.2, 0.25) is 0 Å². The van der Waals surface area contributed by atoms with E-state index in [1.165, 1.54) is 6.42 Å². The largest absolute Gasteiger partial charge is 0.496 e. The lowest BCUT2D eigenvalue weighted by Gasteiger charge is -2.46. The second-order valence-corrected chi connectivity index (χ2v) is 5.68. The molecule has 18 heavy (non-hydrogen) atoms. The summed E-state index contributed by atoms with van der Waals surface area (Å²) in [5.41, 5.74) is 14.4. The highest BCUT2D eigenvalue weighted by Crippen LogP contribution is 2.50. The van der Waals surface area contributed by atoms with Crippen LogP contribution in [0, 0.1) is 12.3 Å². The second-order valence-electron chi connectivity index (χ2n) is 5.24. The van der Waals surface area contributed by atoms with E-state index < -0.39 is 0 Å². The lowest BCUT2D eigenvalue weighted by molar-refractivity contribution is 0.103. The molecule has 0 spiro atoms. The van der Waals surface area contributed by atoms with Crippen LogP contribution in [0.4, 0.5) is 0 Å². The average molecular weight is 269 g/mol. The van der Waals surface area contributed by atoms with Crippen LogP contribution in [-0.2, 0) is 0 Å². The quantitative estimate of drug-likeness (QED) is 0.883. The highest BCUT2D eigenvalue weighted by molar-refractivity contribution is 6.30. The number of rotatable bonds is 4. The van der Waals surface area contributed by atoms with Gasteiger partial charge in [0.05, 0.1) is 7.11 Å². The van der Waals surface area contributed by atoms with E-state index in [4.69, 9.17) is 27.8 Å². The lowest BCUT2D eigenvalue weighted by atomic mass is 9.62. The molecule has 0 amide bonds. The summed E-state index contributed by atoms with van der Waals surface area (Å²) in [4.78, 5) is 0. The molecule has 4 N–H and O–H groups in total. The van der Waals surface area contributed by atoms with Crippen LogP contribution in [0.1, 0.15) is 36.4 Å². The fourth-order valence-corrected chi connectivity index (χ4v) is 3.15. The molecule has 0 heterocycles. The number of benzene rings is 1. The van der Waals surface area contributed by atoms with E-state index >= 15 is 0 Å². The molecule has 1 fully saturated rings. The van der Waals surface area contributed by atoms with E-state index in [1.807, 2.05) is 19.1 Å². The molecule has 0 aliphatic heterocycles. The molecule has 0 aromatic heterocycles. The van der Waals surface area contributed by atoms with Crippen molar-refractivity contribution in [2.45, 2.75) is 32.2 Å². The van der Waals surface area contributed by atoms with Crippen LogP contribution in [0.25, 0.3) is 0 Å². The molecular formula is C14H21ClN2O. The summed E-state index contributed by atoms with van der Waals surface area (Å²) in [5.74, 6) is 0.839. The van der Waals surface area contributed by atoms with Crippen molar-refractivity contribution in [3.05, 3.63) is 28.3 Å². The molecule has 4 heteroatoms. The first-order chi connectivity index (χ1) is 8.54. The van der Waals surface area contributed by atoms with Gasteiger partial charge >= 0.3 is 0 Å². The summed E-state index contributed by atoms with van der Waals surface area (Å²) in [7, 11) is 1.67. The Morgan fingerprint density at radius 2 is 2.11 bits per heavy atom. The predicted molar refractivity (Wildman–Crippen MR) is 75.0 cm³/mol. The van der Waals surface area contributed by atoms with Crippen LogP contribution in [0.15, 0.2) is 12.1 Å². The summed E-state index contributed by atoms with van der Waals surface area (Å²) in [5, 5.41) is 0.699. The normalized spacial score (nSPS) is 19.2. The summed E-state index contributed by atoms with van der Waals surface area (Å²) in [6.07, 6.45) is 3.37. The molecule has 100 valence electrons. The Morgan fingerprint density at radius 1 is 1.44 bits per heavy atom. The van der Waals surface area contributed by atoms with E-state index in [1.54, 1.807) is 7.11 Å². The third-order valence-electron chi connectivity index (χ3n) is 4.22. The van der Waals surface area contributed by atoms with Gasteiger partial charge in [-0.05, 0) is 44.0 Å². The molecule has 3 nitrogen and oxygen atoms in total. The van der Waals surface area contributed by atoms with Gasteiger partial charge in [0.1, 0.15) is 5.75 Å². The van der Waals surface area contributed by atoms with Crippen molar-refractivity contribution in [3.63, 3.8) is 0 Å². The number of halogens is 1. The van der Waals surface area contributed by atoms with Crippen molar-refractivity contribution in [2.75, 3.05) is 13.7 Å². The minimum absolute atomic E-state index is 0.0183. The van der Waals surface area contributed by atoms with Crippen LogP contribution in [0.5, 0.6) is 5.75 Å². The van der Waals surface area contributed by atoms with Crippen molar-refractivity contribution in [3.8, 4) is 5.75 Å². The van der Waals surface area contributed by atoms with Gasteiger partial charge in [0.15, 0.2) is 0 Å². The Balaban J connectivity index is 2.43. The Labute approximate surface area is 113 Å². The first kappa shape index (κ1) is 13.7. The molecule has 1 unspecified atom stereocenters. The van der Waals surface area contributed by atoms with Crippen molar-refractivity contribution >= 4 is 11.6 Å². The monoisotopic (exact) mass is 268 g/mol. The maximum atomic E-state index is 6.44. The minimum atomic E-state index is -0.108. The highest BCUT2D eigenvalue weighted by Gasteiger charge is 2.43. The Hall–Kier alpha value is -0.770.